The van der Waals surface area contributed by atoms with Gasteiger partial charge in [0.15, 0.2) is 0 Å². The molecule has 0 atom stereocenters. The molecule has 3 N–H and O–H groups in total. The van der Waals surface area contributed by atoms with Crippen molar-refractivity contribution in [1.29, 1.82) is 0 Å². The van der Waals surface area contributed by atoms with Crippen molar-refractivity contribution < 1.29 is 0 Å². The summed E-state index contributed by atoms with van der Waals surface area (Å²) in [5.41, 5.74) is 11.9. The van der Waals surface area contributed by atoms with Crippen molar-refractivity contribution in [3.05, 3.63) is 52.5 Å². The molecule has 0 fully saturated rings. The SMILES string of the molecule is CN(C)c1cccc(-c2[nH]c3ccc(Br)cc3c2CCCCN)c1. The van der Waals surface area contributed by atoms with Gasteiger partial charge in [0.2, 0.25) is 0 Å². The van der Waals surface area contributed by atoms with Crippen molar-refractivity contribution in [1.82, 2.24) is 4.98 Å². The van der Waals surface area contributed by atoms with Crippen LogP contribution in [0.2, 0.25) is 0 Å². The smallest absolute Gasteiger partial charge is 0.0498 e. The van der Waals surface area contributed by atoms with Crippen molar-refractivity contribution in [3.8, 4) is 11.3 Å². The summed E-state index contributed by atoms with van der Waals surface area (Å²) in [5, 5.41) is 1.30. The Morgan fingerprint density at radius 2 is 1.92 bits per heavy atom. The summed E-state index contributed by atoms with van der Waals surface area (Å²) >= 11 is 3.60. The minimum atomic E-state index is 0.748. The van der Waals surface area contributed by atoms with Gasteiger partial charge in [-0.3, -0.25) is 0 Å². The number of halogens is 1. The number of unbranched alkanes of at least 4 members (excludes halogenated alkanes) is 1. The van der Waals surface area contributed by atoms with Crippen LogP contribution in [-0.2, 0) is 6.42 Å². The van der Waals surface area contributed by atoms with Gasteiger partial charge in [0.05, 0.1) is 0 Å². The highest BCUT2D eigenvalue weighted by atomic mass is 79.9. The second-order valence-electron chi connectivity index (χ2n) is 6.36. The maximum absolute atomic E-state index is 5.69. The van der Waals surface area contributed by atoms with E-state index < -0.39 is 0 Å². The van der Waals surface area contributed by atoms with E-state index in [4.69, 9.17) is 5.73 Å². The quantitative estimate of drug-likeness (QED) is 0.589. The number of anilines is 1. The Balaban J connectivity index is 2.12. The second-order valence-corrected chi connectivity index (χ2v) is 7.27. The molecule has 3 aromatic rings. The number of hydrogen-bond donors (Lipinski definition) is 2. The zero-order valence-corrected chi connectivity index (χ0v) is 15.9. The number of nitrogens with two attached hydrogens (primary N) is 1. The van der Waals surface area contributed by atoms with E-state index in [0.717, 1.165) is 30.3 Å². The predicted octanol–water partition coefficient (Wildman–Crippen LogP) is 4.94. The number of nitrogens with zero attached hydrogens (tertiary/aromatic N) is 1. The van der Waals surface area contributed by atoms with Crippen molar-refractivity contribution >= 4 is 32.5 Å². The number of aryl methyl sites for hydroxylation is 1. The van der Waals surface area contributed by atoms with Gasteiger partial charge in [-0.05, 0) is 61.7 Å². The highest BCUT2D eigenvalue weighted by Gasteiger charge is 2.14. The van der Waals surface area contributed by atoms with E-state index in [9.17, 15) is 0 Å². The molecule has 1 heterocycles. The van der Waals surface area contributed by atoms with Crippen LogP contribution < -0.4 is 10.6 Å². The van der Waals surface area contributed by atoms with Gasteiger partial charge in [-0.2, -0.15) is 0 Å². The number of aromatic nitrogens is 1. The average Bonchev–Trinajstić information content (AvgIpc) is 2.93. The molecule has 24 heavy (non-hydrogen) atoms. The fourth-order valence-corrected chi connectivity index (χ4v) is 3.47. The van der Waals surface area contributed by atoms with E-state index in [1.807, 2.05) is 0 Å². The lowest BCUT2D eigenvalue weighted by molar-refractivity contribution is 0.748. The lowest BCUT2D eigenvalue weighted by atomic mass is 10.00. The predicted molar refractivity (Wildman–Crippen MR) is 108 cm³/mol. The number of benzene rings is 2. The number of hydrogen-bond acceptors (Lipinski definition) is 2. The number of fused-ring (bicyclic) bond motifs is 1. The molecule has 3 rings (SSSR count). The first kappa shape index (κ1) is 17.1. The van der Waals surface area contributed by atoms with E-state index in [1.54, 1.807) is 0 Å². The molecule has 4 heteroatoms. The van der Waals surface area contributed by atoms with Crippen molar-refractivity contribution in [2.45, 2.75) is 19.3 Å². The maximum atomic E-state index is 5.69. The van der Waals surface area contributed by atoms with E-state index in [2.05, 4.69) is 82.4 Å². The van der Waals surface area contributed by atoms with Gasteiger partial charge in [0.1, 0.15) is 0 Å². The van der Waals surface area contributed by atoms with Crippen LogP contribution in [0.5, 0.6) is 0 Å². The molecule has 2 aromatic carbocycles. The van der Waals surface area contributed by atoms with Crippen LogP contribution in [0.25, 0.3) is 22.2 Å². The first-order valence-electron chi connectivity index (χ1n) is 8.38. The normalized spacial score (nSPS) is 11.2. The molecule has 0 aliphatic rings. The Morgan fingerprint density at radius 1 is 1.08 bits per heavy atom. The van der Waals surface area contributed by atoms with Crippen molar-refractivity contribution in [3.63, 3.8) is 0 Å². The third-order valence-corrected chi connectivity index (χ3v) is 4.89. The molecular weight excluding hydrogens is 362 g/mol. The van der Waals surface area contributed by atoms with Crippen LogP contribution in [0.15, 0.2) is 46.9 Å². The molecular formula is C20H24BrN3. The van der Waals surface area contributed by atoms with Crippen molar-refractivity contribution in [2.75, 3.05) is 25.5 Å². The second kappa shape index (κ2) is 7.41. The zero-order chi connectivity index (χ0) is 17.1. The number of nitrogens with one attached hydrogen (secondary N) is 1. The van der Waals surface area contributed by atoms with Crippen LogP contribution in [0.4, 0.5) is 5.69 Å². The molecule has 3 nitrogen and oxygen atoms in total. The Morgan fingerprint density at radius 3 is 2.67 bits per heavy atom. The summed E-state index contributed by atoms with van der Waals surface area (Å²) in [4.78, 5) is 5.77. The largest absolute Gasteiger partial charge is 0.378 e. The van der Waals surface area contributed by atoms with Crippen LogP contribution in [-0.4, -0.2) is 25.6 Å². The summed E-state index contributed by atoms with van der Waals surface area (Å²) in [7, 11) is 4.15. The molecule has 0 amide bonds. The minimum absolute atomic E-state index is 0.748. The zero-order valence-electron chi connectivity index (χ0n) is 14.3. The fraction of sp³-hybridized carbons (Fsp3) is 0.300. The highest BCUT2D eigenvalue weighted by molar-refractivity contribution is 9.10. The van der Waals surface area contributed by atoms with Crippen LogP contribution in [0.1, 0.15) is 18.4 Å². The summed E-state index contributed by atoms with van der Waals surface area (Å²) in [6, 6.07) is 15.1. The van der Waals surface area contributed by atoms with Gasteiger partial charge in [-0.25, -0.2) is 0 Å². The number of rotatable bonds is 6. The van der Waals surface area contributed by atoms with E-state index in [-0.39, 0.29) is 0 Å². The molecule has 0 aliphatic heterocycles. The topological polar surface area (TPSA) is 45.0 Å². The van der Waals surface area contributed by atoms with Gasteiger partial charge in [0, 0.05) is 46.4 Å². The van der Waals surface area contributed by atoms with Crippen LogP contribution >= 0.6 is 15.9 Å². The van der Waals surface area contributed by atoms with E-state index >= 15 is 0 Å². The third kappa shape index (κ3) is 3.50. The summed E-state index contributed by atoms with van der Waals surface area (Å²) in [6.07, 6.45) is 3.20. The lowest BCUT2D eigenvalue weighted by Gasteiger charge is -2.14. The highest BCUT2D eigenvalue weighted by Crippen LogP contribution is 2.34. The summed E-state index contributed by atoms with van der Waals surface area (Å²) in [6.45, 7) is 0.748. The average molecular weight is 386 g/mol. The first-order chi connectivity index (χ1) is 11.6. The molecule has 1 aromatic heterocycles. The number of aromatic amines is 1. The van der Waals surface area contributed by atoms with Gasteiger partial charge in [-0.1, -0.05) is 28.1 Å². The Kier molecular flexibility index (Phi) is 5.27. The van der Waals surface area contributed by atoms with E-state index in [1.165, 1.54) is 33.4 Å². The molecule has 0 spiro atoms. The molecule has 126 valence electrons. The van der Waals surface area contributed by atoms with Crippen LogP contribution in [0, 0.1) is 0 Å². The fourth-order valence-electron chi connectivity index (χ4n) is 3.11. The molecule has 0 unspecified atom stereocenters. The number of H-pyrrole nitrogens is 1. The monoisotopic (exact) mass is 385 g/mol. The van der Waals surface area contributed by atoms with Crippen molar-refractivity contribution in [2.24, 2.45) is 5.73 Å². The Bertz CT molecular complexity index is 836. The Labute approximate surface area is 152 Å². The first-order valence-corrected chi connectivity index (χ1v) is 9.17. The van der Waals surface area contributed by atoms with E-state index in [0.29, 0.717) is 0 Å². The van der Waals surface area contributed by atoms with Gasteiger partial charge >= 0.3 is 0 Å². The standard InChI is InChI=1S/C20H24BrN3/c1-24(2)16-7-5-6-14(12-16)20-17(8-3-4-11-22)18-13-15(21)9-10-19(18)23-20/h5-7,9-10,12-13,23H,3-4,8,11,22H2,1-2H3. The minimum Gasteiger partial charge on any atom is -0.378 e. The summed E-state index contributed by atoms with van der Waals surface area (Å²) < 4.78 is 1.11. The Hall–Kier alpha value is -1.78. The van der Waals surface area contributed by atoms with Gasteiger partial charge < -0.3 is 15.6 Å². The van der Waals surface area contributed by atoms with Crippen LogP contribution in [0.3, 0.4) is 0 Å². The molecule has 0 bridgehead atoms. The maximum Gasteiger partial charge on any atom is 0.0498 e. The molecule has 0 radical (unpaired) electrons. The lowest BCUT2D eigenvalue weighted by Crippen LogP contribution is -2.08. The molecule has 0 aliphatic carbocycles. The molecule has 0 saturated heterocycles. The van der Waals surface area contributed by atoms with Gasteiger partial charge in [0.25, 0.3) is 0 Å². The van der Waals surface area contributed by atoms with Gasteiger partial charge in [-0.15, -0.1) is 0 Å². The third-order valence-electron chi connectivity index (χ3n) is 4.40. The summed E-state index contributed by atoms with van der Waals surface area (Å²) in [5.74, 6) is 0. The molecule has 0 saturated carbocycles.